The van der Waals surface area contributed by atoms with E-state index in [1.165, 1.54) is 0 Å². The van der Waals surface area contributed by atoms with Crippen LogP contribution in [0.15, 0.2) is 78.9 Å². The molecule has 3 aromatic rings. The first-order valence-electron chi connectivity index (χ1n) is 10.8. The first-order valence-corrected chi connectivity index (χ1v) is 12.6. The summed E-state index contributed by atoms with van der Waals surface area (Å²) in [4.78, 5) is 25.8. The summed E-state index contributed by atoms with van der Waals surface area (Å²) in [6, 6.07) is 23.1. The molecular formula is C25H25N3O5S. The summed E-state index contributed by atoms with van der Waals surface area (Å²) >= 11 is 0. The van der Waals surface area contributed by atoms with Crippen LogP contribution < -0.4 is 19.7 Å². The molecule has 1 aliphatic heterocycles. The molecule has 0 radical (unpaired) electrons. The normalized spacial score (nSPS) is 15.1. The van der Waals surface area contributed by atoms with Crippen molar-refractivity contribution in [2.75, 3.05) is 29.0 Å². The van der Waals surface area contributed by atoms with Crippen molar-refractivity contribution in [2.24, 2.45) is 0 Å². The maximum atomic E-state index is 13.0. The Morgan fingerprint density at radius 2 is 1.65 bits per heavy atom. The molecule has 0 saturated carbocycles. The number of sulfonamides is 1. The summed E-state index contributed by atoms with van der Waals surface area (Å²) in [6.07, 6.45) is 0.676. The van der Waals surface area contributed by atoms with Crippen LogP contribution in [0.5, 0.6) is 5.75 Å². The van der Waals surface area contributed by atoms with Gasteiger partial charge >= 0.3 is 0 Å². The quantitative estimate of drug-likeness (QED) is 0.542. The van der Waals surface area contributed by atoms with Gasteiger partial charge in [-0.05, 0) is 36.2 Å². The summed E-state index contributed by atoms with van der Waals surface area (Å²) in [6.45, 7) is 0.268. The lowest BCUT2D eigenvalue weighted by molar-refractivity contribution is -0.122. The molecule has 2 amide bonds. The molecule has 0 aliphatic carbocycles. The fourth-order valence-corrected chi connectivity index (χ4v) is 4.63. The largest absolute Gasteiger partial charge is 0.476 e. The number of nitrogens with one attached hydrogen (secondary N) is 2. The second-order valence-corrected chi connectivity index (χ2v) is 9.80. The van der Waals surface area contributed by atoms with Crippen molar-refractivity contribution >= 4 is 33.2 Å². The van der Waals surface area contributed by atoms with E-state index in [1.54, 1.807) is 48.5 Å². The van der Waals surface area contributed by atoms with Crippen molar-refractivity contribution in [3.05, 3.63) is 90.0 Å². The molecule has 0 bridgehead atoms. The minimum Gasteiger partial charge on any atom is -0.476 e. The zero-order valence-corrected chi connectivity index (χ0v) is 19.4. The molecular weight excluding hydrogens is 454 g/mol. The average Bonchev–Trinajstić information content (AvgIpc) is 2.83. The van der Waals surface area contributed by atoms with E-state index in [2.05, 4.69) is 10.6 Å². The summed E-state index contributed by atoms with van der Waals surface area (Å²) in [5, 5.41) is 5.60. The van der Waals surface area contributed by atoms with Gasteiger partial charge in [0.15, 0.2) is 6.10 Å². The van der Waals surface area contributed by atoms with Gasteiger partial charge in [0.1, 0.15) is 5.75 Å². The minimum atomic E-state index is -3.62. The monoisotopic (exact) mass is 479 g/mol. The maximum Gasteiger partial charge on any atom is 0.267 e. The van der Waals surface area contributed by atoms with Crippen molar-refractivity contribution in [3.8, 4) is 5.75 Å². The van der Waals surface area contributed by atoms with Crippen molar-refractivity contribution < 1.29 is 22.7 Å². The Balaban J connectivity index is 1.46. The van der Waals surface area contributed by atoms with E-state index < -0.39 is 22.0 Å². The summed E-state index contributed by atoms with van der Waals surface area (Å²) in [5.74, 6) is -0.571. The van der Waals surface area contributed by atoms with Crippen molar-refractivity contribution in [1.29, 1.82) is 0 Å². The average molecular weight is 480 g/mol. The van der Waals surface area contributed by atoms with Crippen LogP contribution in [-0.4, -0.2) is 45.7 Å². The second-order valence-electron chi connectivity index (χ2n) is 7.89. The SMILES string of the molecule is CS(=O)(=O)N1CC(C(=O)Nc2ccccc2C(=O)NCCc2ccccc2)Oc2ccccc21. The van der Waals surface area contributed by atoms with Gasteiger partial charge in [0, 0.05) is 6.54 Å². The number of benzene rings is 3. The number of hydrogen-bond donors (Lipinski definition) is 2. The number of anilines is 2. The van der Waals surface area contributed by atoms with Gasteiger partial charge in [0.05, 0.1) is 29.7 Å². The molecule has 34 heavy (non-hydrogen) atoms. The molecule has 1 aliphatic rings. The van der Waals surface area contributed by atoms with Gasteiger partial charge in [-0.15, -0.1) is 0 Å². The predicted molar refractivity (Wildman–Crippen MR) is 131 cm³/mol. The van der Waals surface area contributed by atoms with Crippen LogP contribution in [0, 0.1) is 0 Å². The van der Waals surface area contributed by atoms with Crippen LogP contribution in [0.4, 0.5) is 11.4 Å². The highest BCUT2D eigenvalue weighted by Gasteiger charge is 2.35. The molecule has 1 unspecified atom stereocenters. The van der Waals surface area contributed by atoms with Crippen LogP contribution in [-0.2, 0) is 21.2 Å². The number of fused-ring (bicyclic) bond motifs is 1. The maximum absolute atomic E-state index is 13.0. The van der Waals surface area contributed by atoms with Crippen LogP contribution in [0.2, 0.25) is 0 Å². The highest BCUT2D eigenvalue weighted by molar-refractivity contribution is 7.92. The van der Waals surface area contributed by atoms with E-state index in [9.17, 15) is 18.0 Å². The Morgan fingerprint density at radius 1 is 0.971 bits per heavy atom. The molecule has 2 N–H and O–H groups in total. The lowest BCUT2D eigenvalue weighted by atomic mass is 10.1. The second kappa shape index (κ2) is 9.96. The summed E-state index contributed by atoms with van der Waals surface area (Å²) in [5.41, 5.74) is 2.11. The molecule has 176 valence electrons. The third-order valence-electron chi connectivity index (χ3n) is 5.40. The number of amides is 2. The Kier molecular flexibility index (Phi) is 6.83. The van der Waals surface area contributed by atoms with E-state index >= 15 is 0 Å². The van der Waals surface area contributed by atoms with Gasteiger partial charge in [0.2, 0.25) is 10.0 Å². The summed E-state index contributed by atoms with van der Waals surface area (Å²) < 4.78 is 31.6. The highest BCUT2D eigenvalue weighted by atomic mass is 32.2. The molecule has 0 saturated heterocycles. The molecule has 0 fully saturated rings. The predicted octanol–water partition coefficient (Wildman–Crippen LogP) is 2.82. The van der Waals surface area contributed by atoms with Crippen LogP contribution in [0.1, 0.15) is 15.9 Å². The van der Waals surface area contributed by atoms with Gasteiger partial charge in [-0.2, -0.15) is 0 Å². The number of carbonyl (C=O) groups is 2. The Morgan fingerprint density at radius 3 is 2.41 bits per heavy atom. The van der Waals surface area contributed by atoms with E-state index in [0.29, 0.717) is 35.7 Å². The number of rotatable bonds is 7. The van der Waals surface area contributed by atoms with Crippen molar-refractivity contribution in [2.45, 2.75) is 12.5 Å². The smallest absolute Gasteiger partial charge is 0.267 e. The van der Waals surface area contributed by atoms with Gasteiger partial charge in [-0.25, -0.2) is 8.42 Å². The van der Waals surface area contributed by atoms with Gasteiger partial charge in [-0.3, -0.25) is 13.9 Å². The van der Waals surface area contributed by atoms with E-state index in [1.807, 2.05) is 30.3 Å². The number of ether oxygens (including phenoxy) is 1. The Labute approximate surface area is 198 Å². The molecule has 4 rings (SSSR count). The number of carbonyl (C=O) groups excluding carboxylic acids is 2. The zero-order valence-electron chi connectivity index (χ0n) is 18.6. The standard InChI is InChI=1S/C25H25N3O5S/c1-34(31,32)28-17-23(33-22-14-8-7-13-21(22)28)25(30)27-20-12-6-5-11-19(20)24(29)26-16-15-18-9-3-2-4-10-18/h2-14,23H,15-17H2,1H3,(H,26,29)(H,27,30). The molecule has 9 heteroatoms. The summed E-state index contributed by atoms with van der Waals surface area (Å²) in [7, 11) is -3.62. The number of hydrogen-bond acceptors (Lipinski definition) is 5. The van der Waals surface area contributed by atoms with Gasteiger partial charge in [0.25, 0.3) is 11.8 Å². The van der Waals surface area contributed by atoms with E-state index in [0.717, 1.165) is 16.1 Å². The van der Waals surface area contributed by atoms with E-state index in [-0.39, 0.29) is 12.5 Å². The molecule has 0 aromatic heterocycles. The first kappa shape index (κ1) is 23.3. The van der Waals surface area contributed by atoms with Crippen LogP contribution in [0.3, 0.4) is 0 Å². The van der Waals surface area contributed by atoms with Crippen LogP contribution in [0.25, 0.3) is 0 Å². The lowest BCUT2D eigenvalue weighted by Crippen LogP contribution is -2.48. The molecule has 0 spiro atoms. The minimum absolute atomic E-state index is 0.173. The molecule has 1 heterocycles. The van der Waals surface area contributed by atoms with Crippen molar-refractivity contribution in [1.82, 2.24) is 5.32 Å². The molecule has 8 nitrogen and oxygen atoms in total. The number of para-hydroxylation sites is 3. The molecule has 1 atom stereocenters. The zero-order chi connectivity index (χ0) is 24.1. The lowest BCUT2D eigenvalue weighted by Gasteiger charge is -2.33. The first-order chi connectivity index (χ1) is 16.3. The topological polar surface area (TPSA) is 105 Å². The molecule has 3 aromatic carbocycles. The van der Waals surface area contributed by atoms with Crippen molar-refractivity contribution in [3.63, 3.8) is 0 Å². The Bertz CT molecular complexity index is 1290. The number of nitrogens with zero attached hydrogens (tertiary/aromatic N) is 1. The fourth-order valence-electron chi connectivity index (χ4n) is 3.72. The highest BCUT2D eigenvalue weighted by Crippen LogP contribution is 2.34. The fraction of sp³-hybridized carbons (Fsp3) is 0.200. The van der Waals surface area contributed by atoms with Gasteiger partial charge < -0.3 is 15.4 Å². The third kappa shape index (κ3) is 5.37. The van der Waals surface area contributed by atoms with Crippen LogP contribution >= 0.6 is 0 Å². The van der Waals surface area contributed by atoms with E-state index in [4.69, 9.17) is 4.74 Å². The Hall–Kier alpha value is -3.85. The van der Waals surface area contributed by atoms with Gasteiger partial charge in [-0.1, -0.05) is 54.6 Å². The third-order valence-corrected chi connectivity index (χ3v) is 6.55.